The Bertz CT molecular complexity index is 929. The first-order chi connectivity index (χ1) is 16.5. The van der Waals surface area contributed by atoms with Gasteiger partial charge in [-0.2, -0.15) is 0 Å². The standard InChI is InChI=1S/C27H37NO6/c1-6-28(19-21-12-8-9-14-23(21)31-3)17-11-10-13-22(27(30)34-7-2)26(29)20-15-16-24(32-4)25(18-20)33-5/h8-9,12,14-16,18,22H,6-7,10-11,13,17,19H2,1-5H3. The molecular formula is C27H37NO6. The molecule has 0 aliphatic carbocycles. The van der Waals surface area contributed by atoms with Crippen LogP contribution in [0.15, 0.2) is 42.5 Å². The van der Waals surface area contributed by atoms with Crippen molar-refractivity contribution in [2.45, 2.75) is 39.7 Å². The molecular weight excluding hydrogens is 434 g/mol. The van der Waals surface area contributed by atoms with Gasteiger partial charge in [-0.05, 0) is 57.1 Å². The molecule has 186 valence electrons. The van der Waals surface area contributed by atoms with Gasteiger partial charge in [0.05, 0.1) is 27.9 Å². The second kappa shape index (κ2) is 14.3. The Morgan fingerprint density at radius 1 is 0.882 bits per heavy atom. The number of rotatable bonds is 15. The first-order valence-electron chi connectivity index (χ1n) is 11.8. The van der Waals surface area contributed by atoms with Crippen LogP contribution in [0.1, 0.15) is 49.0 Å². The molecule has 34 heavy (non-hydrogen) atoms. The van der Waals surface area contributed by atoms with Crippen molar-refractivity contribution in [2.75, 3.05) is 41.0 Å². The minimum absolute atomic E-state index is 0.233. The zero-order chi connectivity index (χ0) is 24.9. The van der Waals surface area contributed by atoms with Crippen LogP contribution in [-0.4, -0.2) is 57.7 Å². The molecule has 0 aliphatic rings. The van der Waals surface area contributed by atoms with Crippen molar-refractivity contribution in [2.24, 2.45) is 5.92 Å². The zero-order valence-corrected chi connectivity index (χ0v) is 21.0. The van der Waals surface area contributed by atoms with Gasteiger partial charge < -0.3 is 18.9 Å². The topological polar surface area (TPSA) is 74.3 Å². The van der Waals surface area contributed by atoms with E-state index in [4.69, 9.17) is 18.9 Å². The first-order valence-corrected chi connectivity index (χ1v) is 11.8. The van der Waals surface area contributed by atoms with Crippen LogP contribution in [0.4, 0.5) is 0 Å². The number of unbranched alkanes of at least 4 members (excludes halogenated alkanes) is 1. The van der Waals surface area contributed by atoms with Crippen LogP contribution < -0.4 is 14.2 Å². The van der Waals surface area contributed by atoms with Gasteiger partial charge in [0.2, 0.25) is 0 Å². The molecule has 0 amide bonds. The molecule has 2 aromatic rings. The molecule has 0 saturated heterocycles. The molecule has 0 radical (unpaired) electrons. The fourth-order valence-electron chi connectivity index (χ4n) is 3.90. The van der Waals surface area contributed by atoms with Crippen molar-refractivity contribution in [3.05, 3.63) is 53.6 Å². The summed E-state index contributed by atoms with van der Waals surface area (Å²) in [4.78, 5) is 28.1. The van der Waals surface area contributed by atoms with Crippen molar-refractivity contribution in [1.82, 2.24) is 4.90 Å². The smallest absolute Gasteiger partial charge is 0.316 e. The number of carbonyl (C=O) groups is 2. The number of ether oxygens (including phenoxy) is 4. The quantitative estimate of drug-likeness (QED) is 0.160. The van der Waals surface area contributed by atoms with E-state index in [9.17, 15) is 9.59 Å². The van der Waals surface area contributed by atoms with Gasteiger partial charge in [-0.1, -0.05) is 31.5 Å². The molecule has 0 aliphatic heterocycles. The van der Waals surface area contributed by atoms with Gasteiger partial charge in [0.1, 0.15) is 11.7 Å². The number of esters is 1. The normalized spacial score (nSPS) is 11.7. The van der Waals surface area contributed by atoms with E-state index >= 15 is 0 Å². The van der Waals surface area contributed by atoms with Crippen molar-refractivity contribution in [3.63, 3.8) is 0 Å². The van der Waals surface area contributed by atoms with Crippen molar-refractivity contribution in [1.29, 1.82) is 0 Å². The Hall–Kier alpha value is -3.06. The second-order valence-corrected chi connectivity index (χ2v) is 7.92. The predicted molar refractivity (Wildman–Crippen MR) is 132 cm³/mol. The highest BCUT2D eigenvalue weighted by molar-refractivity contribution is 6.08. The summed E-state index contributed by atoms with van der Waals surface area (Å²) in [5, 5.41) is 0. The maximum atomic E-state index is 13.2. The number of ketones is 1. The summed E-state index contributed by atoms with van der Waals surface area (Å²) in [6, 6.07) is 12.9. The van der Waals surface area contributed by atoms with Crippen molar-refractivity contribution < 1.29 is 28.5 Å². The van der Waals surface area contributed by atoms with Gasteiger partial charge >= 0.3 is 5.97 Å². The Morgan fingerprint density at radius 2 is 1.59 bits per heavy atom. The lowest BCUT2D eigenvalue weighted by atomic mass is 9.92. The van der Waals surface area contributed by atoms with E-state index in [0.29, 0.717) is 23.5 Å². The van der Waals surface area contributed by atoms with Crippen molar-refractivity contribution in [3.8, 4) is 17.2 Å². The maximum absolute atomic E-state index is 13.2. The fraction of sp³-hybridized carbons (Fsp3) is 0.481. The Labute approximate surface area is 202 Å². The van der Waals surface area contributed by atoms with Gasteiger partial charge in [0.25, 0.3) is 0 Å². The average molecular weight is 472 g/mol. The summed E-state index contributed by atoms with van der Waals surface area (Å²) < 4.78 is 21.2. The summed E-state index contributed by atoms with van der Waals surface area (Å²) in [6.45, 7) is 6.63. The van der Waals surface area contributed by atoms with E-state index < -0.39 is 11.9 Å². The van der Waals surface area contributed by atoms with E-state index in [1.165, 1.54) is 14.2 Å². The molecule has 1 unspecified atom stereocenters. The summed E-state index contributed by atoms with van der Waals surface area (Å²) in [5.74, 6) is 0.267. The molecule has 0 heterocycles. The molecule has 0 bridgehead atoms. The number of methoxy groups -OCH3 is 3. The van der Waals surface area contributed by atoms with Crippen LogP contribution in [-0.2, 0) is 16.1 Å². The fourth-order valence-corrected chi connectivity index (χ4v) is 3.90. The number of Topliss-reactive ketones (excluding diaryl/α,β-unsaturated/α-hetero) is 1. The lowest BCUT2D eigenvalue weighted by molar-refractivity contribution is -0.146. The molecule has 2 rings (SSSR count). The summed E-state index contributed by atoms with van der Waals surface area (Å²) in [6.07, 6.45) is 2.02. The third-order valence-corrected chi connectivity index (χ3v) is 5.81. The predicted octanol–water partition coefficient (Wildman–Crippen LogP) is 4.77. The average Bonchev–Trinajstić information content (AvgIpc) is 2.87. The zero-order valence-electron chi connectivity index (χ0n) is 21.0. The van der Waals surface area contributed by atoms with Crippen molar-refractivity contribution >= 4 is 11.8 Å². The molecule has 0 spiro atoms. The highest BCUT2D eigenvalue weighted by atomic mass is 16.5. The minimum atomic E-state index is -0.845. The Balaban J connectivity index is 2.02. The Morgan fingerprint density at radius 3 is 2.24 bits per heavy atom. The number of benzene rings is 2. The lowest BCUT2D eigenvalue weighted by Crippen LogP contribution is -2.27. The molecule has 7 nitrogen and oxygen atoms in total. The molecule has 1 atom stereocenters. The van der Waals surface area contributed by atoms with Gasteiger partial charge in [0.15, 0.2) is 17.3 Å². The van der Waals surface area contributed by atoms with Gasteiger partial charge in [-0.3, -0.25) is 14.5 Å². The Kier molecular flexibility index (Phi) is 11.4. The third-order valence-electron chi connectivity index (χ3n) is 5.81. The number of carbonyl (C=O) groups excluding carboxylic acids is 2. The SMILES string of the molecule is CCOC(=O)C(CCCCN(CC)Cc1ccccc1OC)C(=O)c1ccc(OC)c(OC)c1. The highest BCUT2D eigenvalue weighted by Crippen LogP contribution is 2.29. The van der Waals surface area contributed by atoms with Gasteiger partial charge in [-0.25, -0.2) is 0 Å². The van der Waals surface area contributed by atoms with E-state index in [1.54, 1.807) is 32.2 Å². The highest BCUT2D eigenvalue weighted by Gasteiger charge is 2.29. The van der Waals surface area contributed by atoms with E-state index in [-0.39, 0.29) is 12.4 Å². The minimum Gasteiger partial charge on any atom is -0.496 e. The van der Waals surface area contributed by atoms with Gasteiger partial charge in [-0.15, -0.1) is 0 Å². The number of hydrogen-bond donors (Lipinski definition) is 0. The molecule has 2 aromatic carbocycles. The van der Waals surface area contributed by atoms with Crippen LogP contribution in [0, 0.1) is 5.92 Å². The van der Waals surface area contributed by atoms with Crippen LogP contribution >= 0.6 is 0 Å². The van der Waals surface area contributed by atoms with E-state index in [2.05, 4.69) is 17.9 Å². The monoisotopic (exact) mass is 471 g/mol. The number of hydrogen-bond acceptors (Lipinski definition) is 7. The van der Waals surface area contributed by atoms with Gasteiger partial charge in [0, 0.05) is 17.7 Å². The lowest BCUT2D eigenvalue weighted by Gasteiger charge is -2.22. The van der Waals surface area contributed by atoms with Crippen LogP contribution in [0.3, 0.4) is 0 Å². The maximum Gasteiger partial charge on any atom is 0.316 e. The second-order valence-electron chi connectivity index (χ2n) is 7.92. The molecule has 7 heteroatoms. The van der Waals surface area contributed by atoms with E-state index in [1.807, 2.05) is 18.2 Å². The number of nitrogens with zero attached hydrogens (tertiary/aromatic N) is 1. The van der Waals surface area contributed by atoms with Crippen LogP contribution in [0.2, 0.25) is 0 Å². The molecule has 0 N–H and O–H groups in total. The largest absolute Gasteiger partial charge is 0.496 e. The summed E-state index contributed by atoms with van der Waals surface area (Å²) in [5.41, 5.74) is 1.54. The molecule has 0 saturated carbocycles. The summed E-state index contributed by atoms with van der Waals surface area (Å²) >= 11 is 0. The third kappa shape index (κ3) is 7.48. The van der Waals surface area contributed by atoms with Crippen LogP contribution in [0.5, 0.6) is 17.2 Å². The molecule has 0 aromatic heterocycles. The van der Waals surface area contributed by atoms with E-state index in [0.717, 1.165) is 43.8 Å². The number of para-hydroxylation sites is 1. The summed E-state index contributed by atoms with van der Waals surface area (Å²) in [7, 11) is 4.73. The first kappa shape index (κ1) is 27.2. The van der Waals surface area contributed by atoms with Crippen LogP contribution in [0.25, 0.3) is 0 Å². The molecule has 0 fully saturated rings.